The molecular weight excluding hydrogens is 246 g/mol. The van der Waals surface area contributed by atoms with E-state index in [1.165, 1.54) is 12.1 Å². The van der Waals surface area contributed by atoms with Crippen LogP contribution in [0.3, 0.4) is 0 Å². The normalized spacial score (nSPS) is 13.6. The summed E-state index contributed by atoms with van der Waals surface area (Å²) in [5, 5.41) is 11.2. The second kappa shape index (κ2) is 5.22. The third-order valence-electron chi connectivity index (χ3n) is 3.00. The molecule has 0 amide bonds. The predicted molar refractivity (Wildman–Crippen MR) is 72.9 cm³/mol. The van der Waals surface area contributed by atoms with Crippen LogP contribution >= 0.6 is 0 Å². The summed E-state index contributed by atoms with van der Waals surface area (Å²) in [7, 11) is 0. The Bertz CT molecular complexity index is 729. The Labute approximate surface area is 110 Å². The van der Waals surface area contributed by atoms with Crippen LogP contribution in [0.25, 0.3) is 23.0 Å². The van der Waals surface area contributed by atoms with E-state index in [9.17, 15) is 13.9 Å². The van der Waals surface area contributed by atoms with Crippen LogP contribution in [-0.2, 0) is 0 Å². The van der Waals surface area contributed by atoms with E-state index in [0.29, 0.717) is 16.3 Å². The van der Waals surface area contributed by atoms with Crippen molar-refractivity contribution in [1.29, 1.82) is 0 Å². The number of rotatable bonds is 1. The Hall–Kier alpha value is -2.16. The number of hydrogen-bond donors (Lipinski definition) is 1. The van der Waals surface area contributed by atoms with Gasteiger partial charge in [-0.2, -0.15) is 0 Å². The molecule has 2 rings (SSSR count). The summed E-state index contributed by atoms with van der Waals surface area (Å²) in [6.45, 7) is 3.44. The summed E-state index contributed by atoms with van der Waals surface area (Å²) >= 11 is 0. The van der Waals surface area contributed by atoms with Gasteiger partial charge in [-0.3, -0.25) is 0 Å². The Morgan fingerprint density at radius 2 is 1.84 bits per heavy atom. The molecule has 0 aliphatic carbocycles. The summed E-state index contributed by atoms with van der Waals surface area (Å²) in [5.74, 6) is -1.06. The van der Waals surface area contributed by atoms with Gasteiger partial charge >= 0.3 is 0 Å². The molecule has 0 spiro atoms. The first kappa shape index (κ1) is 13.3. The number of hydrogen-bond acceptors (Lipinski definition) is 1. The highest BCUT2D eigenvalue weighted by Crippen LogP contribution is 2.21. The monoisotopic (exact) mass is 260 g/mol. The number of aliphatic hydroxyl groups excluding tert-OH is 1. The second-order valence-corrected chi connectivity index (χ2v) is 4.30. The summed E-state index contributed by atoms with van der Waals surface area (Å²) in [6.07, 6.45) is 1.86. The van der Waals surface area contributed by atoms with E-state index in [0.717, 1.165) is 11.3 Å². The van der Waals surface area contributed by atoms with E-state index in [-0.39, 0.29) is 5.76 Å². The highest BCUT2D eigenvalue weighted by Gasteiger charge is 2.06. The first-order chi connectivity index (χ1) is 9.02. The molecule has 0 unspecified atom stereocenters. The third-order valence-corrected chi connectivity index (χ3v) is 3.00. The minimum absolute atomic E-state index is 0.164. The van der Waals surface area contributed by atoms with Gasteiger partial charge in [-0.25, -0.2) is 8.78 Å². The molecule has 0 aromatic heterocycles. The molecule has 0 heterocycles. The molecular formula is C16H14F2O. The Morgan fingerprint density at radius 1 is 1.11 bits per heavy atom. The SMILES string of the molecule is CC=c1ccc(-c2ccc(F)cc2F)cc1=C(C)O. The van der Waals surface area contributed by atoms with Crippen LogP contribution in [0.5, 0.6) is 0 Å². The van der Waals surface area contributed by atoms with E-state index in [2.05, 4.69) is 0 Å². The maximum atomic E-state index is 13.7. The topological polar surface area (TPSA) is 20.2 Å². The maximum Gasteiger partial charge on any atom is 0.133 e. The van der Waals surface area contributed by atoms with Crippen molar-refractivity contribution in [1.82, 2.24) is 0 Å². The average Bonchev–Trinajstić information content (AvgIpc) is 2.38. The molecule has 0 aliphatic rings. The van der Waals surface area contributed by atoms with Gasteiger partial charge in [-0.1, -0.05) is 18.2 Å². The van der Waals surface area contributed by atoms with Gasteiger partial charge in [0.05, 0.1) is 5.76 Å². The van der Waals surface area contributed by atoms with Crippen LogP contribution in [0.2, 0.25) is 0 Å². The molecule has 1 nitrogen and oxygen atoms in total. The molecule has 0 saturated carbocycles. The van der Waals surface area contributed by atoms with Gasteiger partial charge in [0.25, 0.3) is 0 Å². The van der Waals surface area contributed by atoms with Crippen molar-refractivity contribution in [2.24, 2.45) is 0 Å². The molecule has 1 N–H and O–H groups in total. The molecule has 0 aliphatic heterocycles. The van der Waals surface area contributed by atoms with Crippen molar-refractivity contribution in [3.8, 4) is 11.1 Å². The molecule has 19 heavy (non-hydrogen) atoms. The van der Waals surface area contributed by atoms with E-state index in [1.54, 1.807) is 25.1 Å². The highest BCUT2D eigenvalue weighted by atomic mass is 19.1. The molecule has 0 saturated heterocycles. The lowest BCUT2D eigenvalue weighted by atomic mass is 10.0. The Kier molecular flexibility index (Phi) is 3.65. The first-order valence-electron chi connectivity index (χ1n) is 5.94. The summed E-state index contributed by atoms with van der Waals surface area (Å²) in [6, 6.07) is 8.70. The minimum Gasteiger partial charge on any atom is -0.512 e. The van der Waals surface area contributed by atoms with Crippen molar-refractivity contribution in [3.05, 3.63) is 58.5 Å². The van der Waals surface area contributed by atoms with Gasteiger partial charge < -0.3 is 5.11 Å². The van der Waals surface area contributed by atoms with Crippen LogP contribution in [0.15, 0.2) is 36.4 Å². The summed E-state index contributed by atoms with van der Waals surface area (Å²) in [4.78, 5) is 0. The molecule has 2 aromatic rings. The van der Waals surface area contributed by atoms with Crippen LogP contribution in [0.1, 0.15) is 13.8 Å². The van der Waals surface area contributed by atoms with Gasteiger partial charge in [0.15, 0.2) is 0 Å². The molecule has 98 valence electrons. The van der Waals surface area contributed by atoms with Crippen molar-refractivity contribution >= 4 is 11.8 Å². The van der Waals surface area contributed by atoms with Crippen molar-refractivity contribution in [2.75, 3.05) is 0 Å². The van der Waals surface area contributed by atoms with E-state index >= 15 is 0 Å². The van der Waals surface area contributed by atoms with Crippen LogP contribution < -0.4 is 10.4 Å². The number of aliphatic hydroxyl groups is 1. The molecule has 2 aromatic carbocycles. The standard InChI is InChI=1S/C16H14F2O/c1-3-11-4-5-12(8-15(11)10(2)19)14-7-6-13(17)9-16(14)18/h3-9,19H,1-2H3. The fourth-order valence-electron chi connectivity index (χ4n) is 2.01. The quantitative estimate of drug-likeness (QED) is 0.835. The lowest BCUT2D eigenvalue weighted by Gasteiger charge is -2.04. The van der Waals surface area contributed by atoms with Gasteiger partial charge in [-0.05, 0) is 42.8 Å². The van der Waals surface area contributed by atoms with E-state index in [4.69, 9.17) is 0 Å². The minimum atomic E-state index is -0.616. The van der Waals surface area contributed by atoms with Crippen LogP contribution in [0.4, 0.5) is 8.78 Å². The van der Waals surface area contributed by atoms with Gasteiger partial charge in [0.2, 0.25) is 0 Å². The van der Waals surface area contributed by atoms with Crippen molar-refractivity contribution < 1.29 is 13.9 Å². The Balaban J connectivity index is 2.72. The molecule has 0 bridgehead atoms. The lowest BCUT2D eigenvalue weighted by Crippen LogP contribution is -2.26. The summed E-state index contributed by atoms with van der Waals surface area (Å²) < 4.78 is 26.6. The number of halogens is 2. The zero-order valence-corrected chi connectivity index (χ0v) is 10.7. The molecule has 3 heteroatoms. The zero-order chi connectivity index (χ0) is 14.0. The molecule has 0 radical (unpaired) electrons. The predicted octanol–water partition coefficient (Wildman–Crippen LogP) is 3.12. The lowest BCUT2D eigenvalue weighted by molar-refractivity contribution is 0.498. The van der Waals surface area contributed by atoms with E-state index in [1.807, 2.05) is 13.0 Å². The summed E-state index contributed by atoms with van der Waals surface area (Å²) in [5.41, 5.74) is 0.915. The van der Waals surface area contributed by atoms with Gasteiger partial charge in [-0.15, -0.1) is 0 Å². The average molecular weight is 260 g/mol. The van der Waals surface area contributed by atoms with Gasteiger partial charge in [0, 0.05) is 16.8 Å². The third kappa shape index (κ3) is 2.65. The fraction of sp³-hybridized carbons (Fsp3) is 0.125. The largest absolute Gasteiger partial charge is 0.512 e. The highest BCUT2D eigenvalue weighted by molar-refractivity contribution is 5.65. The smallest absolute Gasteiger partial charge is 0.133 e. The van der Waals surface area contributed by atoms with E-state index < -0.39 is 11.6 Å². The van der Waals surface area contributed by atoms with Crippen LogP contribution in [0, 0.1) is 11.6 Å². The maximum absolute atomic E-state index is 13.7. The zero-order valence-electron chi connectivity index (χ0n) is 10.7. The fourth-order valence-corrected chi connectivity index (χ4v) is 2.01. The van der Waals surface area contributed by atoms with Crippen molar-refractivity contribution in [2.45, 2.75) is 13.8 Å². The van der Waals surface area contributed by atoms with Gasteiger partial charge in [0.1, 0.15) is 11.6 Å². The number of benzene rings is 2. The van der Waals surface area contributed by atoms with Crippen LogP contribution in [-0.4, -0.2) is 5.11 Å². The first-order valence-corrected chi connectivity index (χ1v) is 5.94. The second-order valence-electron chi connectivity index (χ2n) is 4.30. The Morgan fingerprint density at radius 3 is 2.42 bits per heavy atom. The molecule has 0 fully saturated rings. The molecule has 0 atom stereocenters. The van der Waals surface area contributed by atoms with Crippen molar-refractivity contribution in [3.63, 3.8) is 0 Å².